The number of thioether (sulfide) groups is 1. The van der Waals surface area contributed by atoms with E-state index in [4.69, 9.17) is 17.2 Å². The van der Waals surface area contributed by atoms with Gasteiger partial charge in [-0.15, -0.1) is 0 Å². The van der Waals surface area contributed by atoms with E-state index in [0.717, 1.165) is 16.9 Å². The van der Waals surface area contributed by atoms with Crippen LogP contribution >= 0.6 is 35.3 Å². The smallest absolute Gasteiger partial charge is 0.278 e. The van der Waals surface area contributed by atoms with Gasteiger partial charge in [-0.2, -0.15) is 0 Å². The first-order chi connectivity index (χ1) is 18.3. The van der Waals surface area contributed by atoms with E-state index in [-0.39, 0.29) is 17.2 Å². The van der Waals surface area contributed by atoms with Gasteiger partial charge in [0, 0.05) is 25.5 Å². The van der Waals surface area contributed by atoms with Crippen molar-refractivity contribution < 1.29 is 4.79 Å². The van der Waals surface area contributed by atoms with Crippen molar-refractivity contribution in [2.75, 3.05) is 30.1 Å². The number of carbonyl (C=O) groups excluding carboxylic acids is 1. The fourth-order valence-electron chi connectivity index (χ4n) is 4.03. The molecule has 0 aliphatic carbocycles. The number of benzene rings is 3. The maximum atomic E-state index is 13.8. The number of aromatic nitrogens is 3. The van der Waals surface area contributed by atoms with Crippen molar-refractivity contribution in [2.45, 2.75) is 12.1 Å². The van der Waals surface area contributed by atoms with E-state index < -0.39 is 0 Å². The third kappa shape index (κ3) is 5.15. The Labute approximate surface area is 233 Å². The Hall–Kier alpha value is -3.73. The highest BCUT2D eigenvalue weighted by atomic mass is 32.2. The first-order valence-corrected chi connectivity index (χ1v) is 14.0. The van der Waals surface area contributed by atoms with Gasteiger partial charge in [0.1, 0.15) is 4.70 Å². The molecule has 0 spiro atoms. The maximum Gasteiger partial charge on any atom is 0.278 e. The minimum Gasteiger partial charge on any atom is -0.378 e. The largest absolute Gasteiger partial charge is 0.378 e. The molecule has 2 heterocycles. The number of nitrogens with one attached hydrogen (secondary N) is 1. The van der Waals surface area contributed by atoms with Gasteiger partial charge in [-0.25, -0.2) is 4.98 Å². The van der Waals surface area contributed by atoms with E-state index >= 15 is 0 Å². The van der Waals surface area contributed by atoms with Gasteiger partial charge < -0.3 is 10.2 Å². The molecule has 192 valence electrons. The number of nitrogens with zero attached hydrogens (tertiary/aromatic N) is 4. The van der Waals surface area contributed by atoms with Crippen LogP contribution in [0.15, 0.2) is 88.8 Å². The molecule has 10 heteroatoms. The second kappa shape index (κ2) is 10.9. The SMILES string of the molecule is Cc1ccccc1-n1c(=S)sc2c(=O)n(-c3ccccc3)c(SCC(=O)Nc3ccc(N(C)C)cc3)nc21. The zero-order valence-corrected chi connectivity index (χ0v) is 23.5. The molecule has 0 atom stereocenters. The molecule has 0 saturated carbocycles. The summed E-state index contributed by atoms with van der Waals surface area (Å²) in [5.41, 5.74) is 4.60. The molecule has 0 aliphatic rings. The zero-order chi connectivity index (χ0) is 26.8. The van der Waals surface area contributed by atoms with Crippen LogP contribution in [0.2, 0.25) is 0 Å². The first-order valence-electron chi connectivity index (χ1n) is 11.8. The Balaban J connectivity index is 1.54. The first kappa shape index (κ1) is 25.9. The molecule has 1 amide bonds. The second-order valence-electron chi connectivity index (χ2n) is 8.79. The Morgan fingerprint density at radius 3 is 2.37 bits per heavy atom. The van der Waals surface area contributed by atoms with Crippen molar-refractivity contribution in [3.8, 4) is 11.4 Å². The average molecular weight is 560 g/mol. The average Bonchev–Trinajstić information content (AvgIpc) is 3.24. The lowest BCUT2D eigenvalue weighted by molar-refractivity contribution is -0.113. The van der Waals surface area contributed by atoms with E-state index in [0.29, 0.717) is 30.8 Å². The molecule has 5 rings (SSSR count). The predicted molar refractivity (Wildman–Crippen MR) is 160 cm³/mol. The number of carbonyl (C=O) groups is 1. The number of hydrogen-bond acceptors (Lipinski definition) is 7. The summed E-state index contributed by atoms with van der Waals surface area (Å²) in [6.07, 6.45) is 0. The molecular weight excluding hydrogens is 535 g/mol. The van der Waals surface area contributed by atoms with Crippen LogP contribution in [0.25, 0.3) is 21.7 Å². The molecule has 0 fully saturated rings. The van der Waals surface area contributed by atoms with Crippen LogP contribution in [-0.4, -0.2) is 39.9 Å². The Morgan fingerprint density at radius 2 is 1.68 bits per heavy atom. The third-order valence-corrected chi connectivity index (χ3v) is 8.24. The Kier molecular flexibility index (Phi) is 7.46. The Bertz CT molecular complexity index is 1740. The minimum atomic E-state index is -0.216. The molecular formula is C28H25N5O2S3. The van der Waals surface area contributed by atoms with Gasteiger partial charge in [0.2, 0.25) is 5.91 Å². The molecule has 5 aromatic rings. The van der Waals surface area contributed by atoms with Crippen molar-refractivity contribution in [2.24, 2.45) is 0 Å². The van der Waals surface area contributed by atoms with Crippen LogP contribution in [0.4, 0.5) is 11.4 Å². The van der Waals surface area contributed by atoms with Crippen molar-refractivity contribution in [1.82, 2.24) is 14.1 Å². The summed E-state index contributed by atoms with van der Waals surface area (Å²) in [5.74, 6) is -0.113. The number of thiazole rings is 1. The number of para-hydroxylation sites is 2. The van der Waals surface area contributed by atoms with Gasteiger partial charge >= 0.3 is 0 Å². The summed E-state index contributed by atoms with van der Waals surface area (Å²) in [5, 5.41) is 3.34. The van der Waals surface area contributed by atoms with Gasteiger partial charge in [0.15, 0.2) is 14.8 Å². The van der Waals surface area contributed by atoms with Gasteiger partial charge in [-0.1, -0.05) is 59.5 Å². The van der Waals surface area contributed by atoms with Crippen LogP contribution in [0.1, 0.15) is 5.56 Å². The molecule has 0 unspecified atom stereocenters. The fourth-order valence-corrected chi connectivity index (χ4v) is 6.13. The summed E-state index contributed by atoms with van der Waals surface area (Å²) in [6.45, 7) is 2.00. The number of rotatable bonds is 7. The summed E-state index contributed by atoms with van der Waals surface area (Å²) in [6, 6.07) is 24.8. The fraction of sp³-hybridized carbons (Fsp3) is 0.143. The topological polar surface area (TPSA) is 72.2 Å². The second-order valence-corrected chi connectivity index (χ2v) is 11.4. The highest BCUT2D eigenvalue weighted by Crippen LogP contribution is 2.28. The van der Waals surface area contributed by atoms with E-state index in [1.165, 1.54) is 23.1 Å². The summed E-state index contributed by atoms with van der Waals surface area (Å²) < 4.78 is 4.41. The van der Waals surface area contributed by atoms with Crippen molar-refractivity contribution in [1.29, 1.82) is 0 Å². The Morgan fingerprint density at radius 1 is 1.00 bits per heavy atom. The number of fused-ring (bicyclic) bond motifs is 1. The normalized spacial score (nSPS) is 11.0. The van der Waals surface area contributed by atoms with Crippen molar-refractivity contribution >= 4 is 62.9 Å². The minimum absolute atomic E-state index is 0.0788. The van der Waals surface area contributed by atoms with E-state index in [9.17, 15) is 9.59 Å². The molecule has 2 aromatic heterocycles. The third-order valence-electron chi connectivity index (χ3n) is 5.95. The lowest BCUT2D eigenvalue weighted by Crippen LogP contribution is -2.22. The van der Waals surface area contributed by atoms with E-state index in [1.807, 2.05) is 109 Å². The number of anilines is 2. The molecule has 0 bridgehead atoms. The van der Waals surface area contributed by atoms with Gasteiger partial charge in [-0.3, -0.25) is 18.7 Å². The van der Waals surface area contributed by atoms with Crippen LogP contribution in [0.5, 0.6) is 0 Å². The number of hydrogen-bond donors (Lipinski definition) is 1. The highest BCUT2D eigenvalue weighted by molar-refractivity contribution is 7.99. The summed E-state index contributed by atoms with van der Waals surface area (Å²) in [7, 11) is 3.93. The number of aryl methyl sites for hydroxylation is 1. The van der Waals surface area contributed by atoms with Crippen LogP contribution < -0.4 is 15.8 Å². The molecule has 1 N–H and O–H groups in total. The number of amides is 1. The molecule has 0 saturated heterocycles. The standard InChI is InChI=1S/C28H25N5O2S3/c1-18-9-7-8-12-22(18)33-25-24(38-28(33)36)26(35)32(21-10-5-4-6-11-21)27(30-25)37-17-23(34)29-19-13-15-20(16-14-19)31(2)3/h4-16H,17H2,1-3H3,(H,29,34). The molecule has 7 nitrogen and oxygen atoms in total. The lowest BCUT2D eigenvalue weighted by atomic mass is 10.2. The molecule has 38 heavy (non-hydrogen) atoms. The van der Waals surface area contributed by atoms with Crippen LogP contribution in [0, 0.1) is 10.9 Å². The quantitative estimate of drug-likeness (QED) is 0.148. The zero-order valence-electron chi connectivity index (χ0n) is 21.0. The van der Waals surface area contributed by atoms with Gasteiger partial charge in [0.05, 0.1) is 17.1 Å². The highest BCUT2D eigenvalue weighted by Gasteiger charge is 2.20. The van der Waals surface area contributed by atoms with Crippen LogP contribution in [0.3, 0.4) is 0 Å². The molecule has 0 radical (unpaired) electrons. The summed E-state index contributed by atoms with van der Waals surface area (Å²) in [4.78, 5) is 33.6. The lowest BCUT2D eigenvalue weighted by Gasteiger charge is -2.14. The maximum absolute atomic E-state index is 13.8. The monoisotopic (exact) mass is 559 g/mol. The van der Waals surface area contributed by atoms with Crippen molar-refractivity contribution in [3.63, 3.8) is 0 Å². The van der Waals surface area contributed by atoms with Gasteiger partial charge in [-0.05, 0) is 67.2 Å². The molecule has 0 aliphatic heterocycles. The van der Waals surface area contributed by atoms with Crippen LogP contribution in [-0.2, 0) is 4.79 Å². The van der Waals surface area contributed by atoms with Crippen molar-refractivity contribution in [3.05, 3.63) is 98.7 Å². The van der Waals surface area contributed by atoms with Gasteiger partial charge in [0.25, 0.3) is 5.56 Å². The summed E-state index contributed by atoms with van der Waals surface area (Å²) >= 11 is 8.14. The van der Waals surface area contributed by atoms with E-state index in [2.05, 4.69) is 5.32 Å². The predicted octanol–water partition coefficient (Wildman–Crippen LogP) is 6.07. The molecule has 3 aromatic carbocycles. The van der Waals surface area contributed by atoms with E-state index in [1.54, 1.807) is 4.57 Å².